The normalized spacial score (nSPS) is 20.2. The van der Waals surface area contributed by atoms with Crippen molar-refractivity contribution in [2.45, 2.75) is 19.0 Å². The SMILES string of the molecule is CN(Cc1cccc(Cl)c1)C1CCOC1=O. The summed E-state index contributed by atoms with van der Waals surface area (Å²) in [7, 11) is 1.93. The molecule has 0 bridgehead atoms. The molecule has 1 aromatic rings. The minimum atomic E-state index is -0.121. The van der Waals surface area contributed by atoms with Crippen molar-refractivity contribution >= 4 is 17.6 Å². The molecule has 0 aliphatic carbocycles. The van der Waals surface area contributed by atoms with Crippen molar-refractivity contribution in [2.75, 3.05) is 13.7 Å². The van der Waals surface area contributed by atoms with Crippen molar-refractivity contribution in [1.29, 1.82) is 0 Å². The van der Waals surface area contributed by atoms with Gasteiger partial charge in [0.05, 0.1) is 6.61 Å². The highest BCUT2D eigenvalue weighted by atomic mass is 35.5. The molecule has 0 radical (unpaired) electrons. The van der Waals surface area contributed by atoms with Crippen LogP contribution in [0.3, 0.4) is 0 Å². The second-order valence-corrected chi connectivity index (χ2v) is 4.45. The van der Waals surface area contributed by atoms with E-state index in [9.17, 15) is 4.79 Å². The zero-order valence-corrected chi connectivity index (χ0v) is 9.91. The molecule has 0 spiro atoms. The highest BCUT2D eigenvalue weighted by molar-refractivity contribution is 6.30. The number of esters is 1. The van der Waals surface area contributed by atoms with Crippen LogP contribution in [0, 0.1) is 0 Å². The average Bonchev–Trinajstić information content (AvgIpc) is 2.64. The fourth-order valence-corrected chi connectivity index (χ4v) is 2.13. The van der Waals surface area contributed by atoms with Gasteiger partial charge < -0.3 is 4.74 Å². The number of benzene rings is 1. The van der Waals surface area contributed by atoms with Crippen LogP contribution in [0.2, 0.25) is 5.02 Å². The molecule has 1 unspecified atom stereocenters. The Morgan fingerprint density at radius 2 is 2.38 bits per heavy atom. The first-order valence-corrected chi connectivity index (χ1v) is 5.66. The van der Waals surface area contributed by atoms with Gasteiger partial charge in [-0.2, -0.15) is 0 Å². The number of cyclic esters (lactones) is 1. The molecule has 1 aliphatic heterocycles. The van der Waals surface area contributed by atoms with Crippen LogP contribution >= 0.6 is 11.6 Å². The lowest BCUT2D eigenvalue weighted by Crippen LogP contribution is -2.34. The van der Waals surface area contributed by atoms with E-state index in [0.29, 0.717) is 13.2 Å². The summed E-state index contributed by atoms with van der Waals surface area (Å²) in [4.78, 5) is 13.4. The number of likely N-dealkylation sites (N-methyl/N-ethyl adjacent to an activating group) is 1. The summed E-state index contributed by atoms with van der Waals surface area (Å²) >= 11 is 5.91. The highest BCUT2D eigenvalue weighted by Gasteiger charge is 2.29. The topological polar surface area (TPSA) is 29.5 Å². The summed E-state index contributed by atoms with van der Waals surface area (Å²) < 4.78 is 4.94. The summed E-state index contributed by atoms with van der Waals surface area (Å²) in [6.07, 6.45) is 0.774. The largest absolute Gasteiger partial charge is 0.464 e. The molecule has 1 aromatic carbocycles. The van der Waals surface area contributed by atoms with Crippen LogP contribution < -0.4 is 0 Å². The first-order chi connectivity index (χ1) is 7.66. The van der Waals surface area contributed by atoms with E-state index < -0.39 is 0 Å². The second-order valence-electron chi connectivity index (χ2n) is 4.02. The van der Waals surface area contributed by atoms with Crippen LogP contribution in [0.1, 0.15) is 12.0 Å². The van der Waals surface area contributed by atoms with Gasteiger partial charge in [0.25, 0.3) is 0 Å². The number of ether oxygens (including phenoxy) is 1. The lowest BCUT2D eigenvalue weighted by Gasteiger charge is -2.20. The molecule has 1 saturated heterocycles. The highest BCUT2D eigenvalue weighted by Crippen LogP contribution is 2.17. The fraction of sp³-hybridized carbons (Fsp3) is 0.417. The van der Waals surface area contributed by atoms with Gasteiger partial charge in [-0.15, -0.1) is 0 Å². The zero-order valence-electron chi connectivity index (χ0n) is 9.15. The summed E-state index contributed by atoms with van der Waals surface area (Å²) in [6.45, 7) is 1.24. The van der Waals surface area contributed by atoms with Crippen molar-refractivity contribution in [3.63, 3.8) is 0 Å². The van der Waals surface area contributed by atoms with Crippen LogP contribution in [-0.2, 0) is 16.1 Å². The maximum absolute atomic E-state index is 11.4. The fourth-order valence-electron chi connectivity index (χ4n) is 1.92. The van der Waals surface area contributed by atoms with E-state index in [0.717, 1.165) is 17.0 Å². The van der Waals surface area contributed by atoms with Gasteiger partial charge in [0.2, 0.25) is 0 Å². The number of nitrogens with zero attached hydrogens (tertiary/aromatic N) is 1. The first-order valence-electron chi connectivity index (χ1n) is 5.28. The second kappa shape index (κ2) is 4.85. The molecule has 3 nitrogen and oxygen atoms in total. The Morgan fingerprint density at radius 3 is 3.00 bits per heavy atom. The molecule has 0 saturated carbocycles. The lowest BCUT2D eigenvalue weighted by atomic mass is 10.1. The Morgan fingerprint density at radius 1 is 1.56 bits per heavy atom. The standard InChI is InChI=1S/C12H14ClNO2/c1-14(11-5-6-16-12(11)15)8-9-3-2-4-10(13)7-9/h2-4,7,11H,5-6,8H2,1H3. The van der Waals surface area contributed by atoms with E-state index in [1.165, 1.54) is 0 Å². The van der Waals surface area contributed by atoms with Crippen molar-refractivity contribution in [1.82, 2.24) is 4.90 Å². The summed E-state index contributed by atoms with van der Waals surface area (Å²) in [5.41, 5.74) is 1.11. The molecule has 86 valence electrons. The Kier molecular flexibility index (Phi) is 3.46. The Bertz CT molecular complexity index is 394. The monoisotopic (exact) mass is 239 g/mol. The third kappa shape index (κ3) is 2.54. The van der Waals surface area contributed by atoms with Gasteiger partial charge in [-0.25, -0.2) is 0 Å². The van der Waals surface area contributed by atoms with E-state index in [2.05, 4.69) is 0 Å². The number of hydrogen-bond acceptors (Lipinski definition) is 3. The van der Waals surface area contributed by atoms with Gasteiger partial charge in [0.15, 0.2) is 0 Å². The predicted octanol–water partition coefficient (Wildman–Crippen LogP) is 2.09. The predicted molar refractivity (Wildman–Crippen MR) is 62.3 cm³/mol. The molecule has 1 heterocycles. The Balaban J connectivity index is 2.01. The molecule has 0 N–H and O–H groups in total. The van der Waals surface area contributed by atoms with Crippen LogP contribution in [0.25, 0.3) is 0 Å². The third-order valence-corrected chi connectivity index (χ3v) is 3.00. The molecule has 4 heteroatoms. The van der Waals surface area contributed by atoms with E-state index in [1.54, 1.807) is 0 Å². The minimum absolute atomic E-state index is 0.112. The number of rotatable bonds is 3. The molecular weight excluding hydrogens is 226 g/mol. The van der Waals surface area contributed by atoms with Crippen LogP contribution in [0.5, 0.6) is 0 Å². The average molecular weight is 240 g/mol. The molecule has 1 fully saturated rings. The molecule has 2 rings (SSSR count). The summed E-state index contributed by atoms with van der Waals surface area (Å²) in [5.74, 6) is -0.121. The first kappa shape index (κ1) is 11.4. The smallest absolute Gasteiger partial charge is 0.323 e. The van der Waals surface area contributed by atoms with Crippen molar-refractivity contribution in [3.05, 3.63) is 34.9 Å². The maximum Gasteiger partial charge on any atom is 0.323 e. The number of hydrogen-bond donors (Lipinski definition) is 0. The third-order valence-electron chi connectivity index (χ3n) is 2.76. The molecule has 1 aliphatic rings. The zero-order chi connectivity index (χ0) is 11.5. The Labute approximate surface area is 100.0 Å². The molecule has 16 heavy (non-hydrogen) atoms. The lowest BCUT2D eigenvalue weighted by molar-refractivity contribution is -0.142. The van der Waals surface area contributed by atoms with Crippen molar-refractivity contribution in [3.8, 4) is 0 Å². The van der Waals surface area contributed by atoms with Gasteiger partial charge in [-0.3, -0.25) is 9.69 Å². The van der Waals surface area contributed by atoms with Gasteiger partial charge in [0.1, 0.15) is 6.04 Å². The van der Waals surface area contributed by atoms with Crippen LogP contribution in [-0.4, -0.2) is 30.6 Å². The number of halogens is 1. The molecule has 0 aromatic heterocycles. The molecular formula is C12H14ClNO2. The van der Waals surface area contributed by atoms with Gasteiger partial charge in [-0.05, 0) is 24.7 Å². The number of carbonyl (C=O) groups is 1. The van der Waals surface area contributed by atoms with E-state index in [-0.39, 0.29) is 12.0 Å². The Hall–Kier alpha value is -1.06. The van der Waals surface area contributed by atoms with E-state index >= 15 is 0 Å². The van der Waals surface area contributed by atoms with Crippen LogP contribution in [0.15, 0.2) is 24.3 Å². The van der Waals surface area contributed by atoms with E-state index in [4.69, 9.17) is 16.3 Å². The van der Waals surface area contributed by atoms with Gasteiger partial charge in [0, 0.05) is 18.0 Å². The van der Waals surface area contributed by atoms with Crippen LogP contribution in [0.4, 0.5) is 0 Å². The quantitative estimate of drug-likeness (QED) is 0.757. The minimum Gasteiger partial charge on any atom is -0.464 e. The maximum atomic E-state index is 11.4. The molecule has 1 atom stereocenters. The summed E-state index contributed by atoms with van der Waals surface area (Å²) in [6, 6.07) is 7.56. The summed E-state index contributed by atoms with van der Waals surface area (Å²) in [5, 5.41) is 0.722. The molecule has 0 amide bonds. The van der Waals surface area contributed by atoms with E-state index in [1.807, 2.05) is 36.2 Å². The van der Waals surface area contributed by atoms with Crippen molar-refractivity contribution in [2.24, 2.45) is 0 Å². The van der Waals surface area contributed by atoms with Gasteiger partial charge in [-0.1, -0.05) is 23.7 Å². The van der Waals surface area contributed by atoms with Gasteiger partial charge >= 0.3 is 5.97 Å². The van der Waals surface area contributed by atoms with Crippen molar-refractivity contribution < 1.29 is 9.53 Å². The number of carbonyl (C=O) groups excluding carboxylic acids is 1.